The molecule has 0 aliphatic carbocycles. The van der Waals surface area contributed by atoms with Crippen molar-refractivity contribution in [1.82, 2.24) is 20.1 Å². The molecule has 8 heteroatoms. The van der Waals surface area contributed by atoms with E-state index in [0.29, 0.717) is 17.8 Å². The van der Waals surface area contributed by atoms with Crippen LogP contribution in [-0.4, -0.2) is 20.7 Å². The van der Waals surface area contributed by atoms with Gasteiger partial charge >= 0.3 is 6.18 Å². The van der Waals surface area contributed by atoms with E-state index in [-0.39, 0.29) is 17.6 Å². The van der Waals surface area contributed by atoms with Crippen molar-refractivity contribution in [2.75, 3.05) is 0 Å². The lowest BCUT2D eigenvalue weighted by atomic mass is 10.1. The summed E-state index contributed by atoms with van der Waals surface area (Å²) in [4.78, 5) is 16.6. The van der Waals surface area contributed by atoms with Crippen molar-refractivity contribution in [2.45, 2.75) is 39.4 Å². The van der Waals surface area contributed by atoms with Gasteiger partial charge in [0, 0.05) is 12.7 Å². The Morgan fingerprint density at radius 2 is 1.79 bits per heavy atom. The molecule has 0 saturated carbocycles. The normalized spacial score (nSPS) is 11.7. The number of pyridine rings is 1. The Morgan fingerprint density at radius 3 is 2.34 bits per heavy atom. The van der Waals surface area contributed by atoms with Gasteiger partial charge in [-0.05, 0) is 30.5 Å². The van der Waals surface area contributed by atoms with Gasteiger partial charge in [0.05, 0.1) is 23.0 Å². The zero-order chi connectivity index (χ0) is 21.2. The average molecular weight is 402 g/mol. The summed E-state index contributed by atoms with van der Waals surface area (Å²) in [6.07, 6.45) is -2.28. The molecule has 2 heterocycles. The summed E-state index contributed by atoms with van der Waals surface area (Å²) in [5.74, 6) is -0.173. The van der Waals surface area contributed by atoms with E-state index in [1.165, 1.54) is 16.9 Å². The molecular weight excluding hydrogens is 381 g/mol. The molecule has 3 rings (SSSR count). The predicted octanol–water partition coefficient (Wildman–Crippen LogP) is 4.65. The minimum absolute atomic E-state index is 0.0956. The number of halogens is 3. The molecule has 0 aliphatic heterocycles. The number of aromatic nitrogens is 3. The van der Waals surface area contributed by atoms with Crippen LogP contribution < -0.4 is 5.32 Å². The quantitative estimate of drug-likeness (QED) is 0.676. The Balaban J connectivity index is 1.84. The minimum atomic E-state index is -4.46. The molecule has 0 unspecified atom stereocenters. The largest absolute Gasteiger partial charge is 0.417 e. The first-order chi connectivity index (χ1) is 13.7. The van der Waals surface area contributed by atoms with Gasteiger partial charge < -0.3 is 5.32 Å². The Hall–Kier alpha value is -3.16. The fourth-order valence-corrected chi connectivity index (χ4v) is 2.93. The monoisotopic (exact) mass is 402 g/mol. The first kappa shape index (κ1) is 20.6. The fourth-order valence-electron chi connectivity index (χ4n) is 2.93. The minimum Gasteiger partial charge on any atom is -0.348 e. The van der Waals surface area contributed by atoms with Crippen molar-refractivity contribution in [3.05, 3.63) is 76.7 Å². The molecular formula is C21H21F3N4O. The Morgan fingerprint density at radius 1 is 1.10 bits per heavy atom. The second kappa shape index (κ2) is 8.06. The third-order valence-electron chi connectivity index (χ3n) is 4.46. The van der Waals surface area contributed by atoms with Crippen molar-refractivity contribution >= 4 is 5.91 Å². The maximum atomic E-state index is 12.8. The number of alkyl halides is 3. The van der Waals surface area contributed by atoms with E-state index in [0.717, 1.165) is 23.4 Å². The smallest absolute Gasteiger partial charge is 0.348 e. The summed E-state index contributed by atoms with van der Waals surface area (Å²) in [6, 6.07) is 10.0. The van der Waals surface area contributed by atoms with Crippen LogP contribution in [0.5, 0.6) is 0 Å². The van der Waals surface area contributed by atoms with E-state index in [2.05, 4.69) is 15.4 Å². The molecule has 3 aromatic rings. The van der Waals surface area contributed by atoms with Crippen molar-refractivity contribution in [2.24, 2.45) is 0 Å². The second-order valence-electron chi connectivity index (χ2n) is 7.08. The van der Waals surface area contributed by atoms with Crippen LogP contribution in [0.4, 0.5) is 13.2 Å². The molecule has 0 radical (unpaired) electrons. The zero-order valence-corrected chi connectivity index (χ0v) is 16.3. The highest BCUT2D eigenvalue weighted by molar-refractivity contribution is 5.95. The lowest BCUT2D eigenvalue weighted by molar-refractivity contribution is -0.137. The van der Waals surface area contributed by atoms with E-state index < -0.39 is 11.7 Å². The number of carbonyl (C=O) groups is 1. The van der Waals surface area contributed by atoms with Crippen LogP contribution in [-0.2, 0) is 12.7 Å². The molecule has 5 nitrogen and oxygen atoms in total. The Labute approximate surface area is 166 Å². The molecule has 1 amide bonds. The lowest BCUT2D eigenvalue weighted by Gasteiger charge is -2.13. The third kappa shape index (κ3) is 4.64. The van der Waals surface area contributed by atoms with E-state index in [4.69, 9.17) is 0 Å². The van der Waals surface area contributed by atoms with Crippen LogP contribution in [0.3, 0.4) is 0 Å². The molecule has 0 fully saturated rings. The summed E-state index contributed by atoms with van der Waals surface area (Å²) >= 11 is 0. The molecule has 0 saturated heterocycles. The number of benzene rings is 1. The van der Waals surface area contributed by atoms with Crippen LogP contribution in [0.25, 0.3) is 5.82 Å². The van der Waals surface area contributed by atoms with Gasteiger partial charge in [-0.2, -0.15) is 18.3 Å². The number of nitrogens with zero attached hydrogens (tertiary/aromatic N) is 3. The van der Waals surface area contributed by atoms with E-state index >= 15 is 0 Å². The van der Waals surface area contributed by atoms with Crippen LogP contribution in [0.2, 0.25) is 0 Å². The van der Waals surface area contributed by atoms with Gasteiger partial charge in [0.2, 0.25) is 0 Å². The summed E-state index contributed by atoms with van der Waals surface area (Å²) < 4.78 is 39.7. The zero-order valence-electron chi connectivity index (χ0n) is 16.3. The van der Waals surface area contributed by atoms with Gasteiger partial charge in [0.25, 0.3) is 5.91 Å². The maximum absolute atomic E-state index is 12.8. The van der Waals surface area contributed by atoms with Gasteiger partial charge in [0.1, 0.15) is 0 Å². The van der Waals surface area contributed by atoms with Crippen molar-refractivity contribution in [3.63, 3.8) is 0 Å². The highest BCUT2D eigenvalue weighted by Gasteiger charge is 2.31. The van der Waals surface area contributed by atoms with Crippen LogP contribution in [0.1, 0.15) is 52.5 Å². The summed E-state index contributed by atoms with van der Waals surface area (Å²) in [5, 5.41) is 7.06. The molecule has 29 heavy (non-hydrogen) atoms. The number of aryl methyl sites for hydroxylation is 1. The molecule has 0 spiro atoms. The van der Waals surface area contributed by atoms with Crippen molar-refractivity contribution in [3.8, 4) is 5.82 Å². The van der Waals surface area contributed by atoms with E-state index in [9.17, 15) is 18.0 Å². The van der Waals surface area contributed by atoms with E-state index in [1.54, 1.807) is 0 Å². The van der Waals surface area contributed by atoms with Crippen molar-refractivity contribution < 1.29 is 18.0 Å². The van der Waals surface area contributed by atoms with Crippen molar-refractivity contribution in [1.29, 1.82) is 0 Å². The summed E-state index contributed by atoms with van der Waals surface area (Å²) in [6.45, 7) is 6.12. The topological polar surface area (TPSA) is 59.8 Å². The Bertz CT molecular complexity index is 990. The molecule has 1 N–H and O–H groups in total. The summed E-state index contributed by atoms with van der Waals surface area (Å²) in [7, 11) is 0. The molecule has 152 valence electrons. The molecule has 0 bridgehead atoms. The first-order valence-corrected chi connectivity index (χ1v) is 9.12. The maximum Gasteiger partial charge on any atom is 0.417 e. The van der Waals surface area contributed by atoms with Crippen LogP contribution in [0.15, 0.2) is 48.8 Å². The number of rotatable bonds is 5. The fraction of sp³-hybridized carbons (Fsp3) is 0.286. The SMILES string of the molecule is Cc1ccc(CNC(=O)c2cnn(-c3ccc(C(F)(F)F)cn3)c2C(C)C)cc1. The number of amides is 1. The van der Waals surface area contributed by atoms with Gasteiger partial charge in [-0.1, -0.05) is 43.7 Å². The first-order valence-electron chi connectivity index (χ1n) is 9.12. The number of hydrogen-bond donors (Lipinski definition) is 1. The molecule has 2 aromatic heterocycles. The van der Waals surface area contributed by atoms with Crippen LogP contribution >= 0.6 is 0 Å². The third-order valence-corrected chi connectivity index (χ3v) is 4.46. The Kier molecular flexibility index (Phi) is 5.72. The number of hydrogen-bond acceptors (Lipinski definition) is 3. The molecule has 1 aromatic carbocycles. The lowest BCUT2D eigenvalue weighted by Crippen LogP contribution is -2.24. The van der Waals surface area contributed by atoms with Gasteiger partial charge in [0.15, 0.2) is 5.82 Å². The van der Waals surface area contributed by atoms with E-state index in [1.807, 2.05) is 45.0 Å². The highest BCUT2D eigenvalue weighted by Crippen LogP contribution is 2.29. The highest BCUT2D eigenvalue weighted by atomic mass is 19.4. The average Bonchev–Trinajstić information content (AvgIpc) is 3.12. The van der Waals surface area contributed by atoms with Crippen LogP contribution in [0, 0.1) is 6.92 Å². The van der Waals surface area contributed by atoms with Gasteiger partial charge in [-0.3, -0.25) is 4.79 Å². The second-order valence-corrected chi connectivity index (χ2v) is 7.08. The molecule has 0 atom stereocenters. The predicted molar refractivity (Wildman–Crippen MR) is 103 cm³/mol. The van der Waals surface area contributed by atoms with Gasteiger partial charge in [-0.15, -0.1) is 0 Å². The number of carbonyl (C=O) groups excluding carboxylic acids is 1. The molecule has 0 aliphatic rings. The standard InChI is InChI=1S/C21H21F3N4O/c1-13(2)19-17(20(29)26-10-15-6-4-14(3)5-7-15)12-27-28(19)18-9-8-16(11-25-18)21(22,23)24/h4-9,11-13H,10H2,1-3H3,(H,26,29). The number of nitrogens with one attached hydrogen (secondary N) is 1. The van der Waals surface area contributed by atoms with Gasteiger partial charge in [-0.25, -0.2) is 9.67 Å². The summed E-state index contributed by atoms with van der Waals surface area (Å²) in [5.41, 5.74) is 2.21.